The highest BCUT2D eigenvalue weighted by atomic mass is 31.2. The lowest BCUT2D eigenvalue weighted by molar-refractivity contribution is -0.147. The Bertz CT molecular complexity index is 1470. The number of hydrogen-bond acceptors (Lipinski definition) is 8. The van der Waals surface area contributed by atoms with E-state index < -0.39 is 57.6 Å². The van der Waals surface area contributed by atoms with Crippen LogP contribution in [0.5, 0.6) is 0 Å². The van der Waals surface area contributed by atoms with E-state index in [-0.39, 0.29) is 12.8 Å². The second-order valence-electron chi connectivity index (χ2n) is 17.7. The molecule has 0 aromatic heterocycles. The zero-order valence-electron chi connectivity index (χ0n) is 42.6. The predicted molar refractivity (Wildman–Crippen MR) is 281 cm³/mol. The van der Waals surface area contributed by atoms with Crippen LogP contribution < -0.4 is 5.32 Å². The molecule has 390 valence electrons. The fourth-order valence-corrected chi connectivity index (χ4v) is 7.90. The summed E-state index contributed by atoms with van der Waals surface area (Å²) in [5.41, 5.74) is 0. The van der Waals surface area contributed by atoms with Crippen molar-refractivity contribution in [3.8, 4) is 0 Å². The molecule has 1 amide bonds. The summed E-state index contributed by atoms with van der Waals surface area (Å²) in [6, 6.07) is -1.56. The summed E-state index contributed by atoms with van der Waals surface area (Å²) in [7, 11) is -4.78. The molecule has 0 aliphatic rings. The SMILES string of the molecule is CC/C=C\C/C=C\C/C=C\C/C=C\C/C=C\C/C=C\C/C=C\CCCC(=O)OCC(O)COP(=O)(O)OCC(NC(=O)CCCCCCCCCCCCCCCCCCCCCCC)C(=O)O. The van der Waals surface area contributed by atoms with Crippen LogP contribution in [0.1, 0.15) is 219 Å². The van der Waals surface area contributed by atoms with E-state index in [1.54, 1.807) is 0 Å². The molecule has 3 atom stereocenters. The zero-order chi connectivity index (χ0) is 49.9. The minimum absolute atomic E-state index is 0.140. The van der Waals surface area contributed by atoms with Crippen LogP contribution in [0.2, 0.25) is 0 Å². The Morgan fingerprint density at radius 3 is 1.25 bits per heavy atom. The van der Waals surface area contributed by atoms with Crippen molar-refractivity contribution in [2.45, 2.75) is 231 Å². The third kappa shape index (κ3) is 49.1. The summed E-state index contributed by atoms with van der Waals surface area (Å²) < 4.78 is 26.9. The van der Waals surface area contributed by atoms with Crippen LogP contribution in [0.3, 0.4) is 0 Å². The smallest absolute Gasteiger partial charge is 0.472 e. The number of aliphatic carboxylic acids is 1. The van der Waals surface area contributed by atoms with Crippen molar-refractivity contribution in [1.29, 1.82) is 0 Å². The fraction of sp³-hybridized carbons (Fsp3) is 0.696. The van der Waals surface area contributed by atoms with Gasteiger partial charge in [-0.15, -0.1) is 0 Å². The van der Waals surface area contributed by atoms with E-state index in [0.717, 1.165) is 64.2 Å². The van der Waals surface area contributed by atoms with E-state index in [0.29, 0.717) is 19.3 Å². The second kappa shape index (κ2) is 50.1. The molecular formula is C56H96NO10P. The third-order valence-electron chi connectivity index (χ3n) is 11.2. The van der Waals surface area contributed by atoms with Crippen LogP contribution in [-0.2, 0) is 32.7 Å². The Morgan fingerprint density at radius 1 is 0.485 bits per heavy atom. The number of aliphatic hydroxyl groups is 1. The summed E-state index contributed by atoms with van der Waals surface area (Å²) in [5, 5.41) is 21.9. The van der Waals surface area contributed by atoms with Crippen LogP contribution in [0.4, 0.5) is 0 Å². The number of aliphatic hydroxyl groups excluding tert-OH is 1. The largest absolute Gasteiger partial charge is 0.480 e. The molecule has 0 rings (SSSR count). The van der Waals surface area contributed by atoms with E-state index in [1.807, 2.05) is 12.2 Å². The van der Waals surface area contributed by atoms with E-state index in [9.17, 15) is 34.1 Å². The van der Waals surface area contributed by atoms with Gasteiger partial charge >= 0.3 is 19.8 Å². The average molecular weight is 974 g/mol. The lowest BCUT2D eigenvalue weighted by Gasteiger charge is -2.18. The molecule has 0 spiro atoms. The Hall–Kier alpha value is -3.34. The number of unbranched alkanes of at least 4 members (excludes halogenated alkanes) is 21. The second-order valence-corrected chi connectivity index (χ2v) is 19.1. The van der Waals surface area contributed by atoms with Gasteiger partial charge < -0.3 is 25.2 Å². The number of carbonyl (C=O) groups is 3. The minimum atomic E-state index is -4.78. The standard InChI is InChI=1S/C56H96NO10P/c1-3-5-7-9-11-13-15-17-19-21-23-25-26-28-30-32-34-36-38-40-42-44-46-48-55(60)65-49-52(58)50-66-68(63,64)67-51-53(56(61)62)57-54(59)47-45-43-41-39-37-35-33-31-29-27-24-22-20-18-16-14-12-10-8-6-4-2/h5,7,11,13,17,19,23,25,28,30,34,36,40,42,52-53,58H,3-4,6,8-10,12,14-16,18,20-22,24,26-27,29,31-33,35,37-39,41,43-51H2,1-2H3,(H,57,59)(H,61,62)(H,63,64)/b7-5-,13-11-,19-17-,25-23-,30-28-,36-34-,42-40-. The molecule has 0 saturated heterocycles. The molecule has 68 heavy (non-hydrogen) atoms. The van der Waals surface area contributed by atoms with E-state index in [1.165, 1.54) is 109 Å². The molecule has 3 unspecified atom stereocenters. The van der Waals surface area contributed by atoms with Gasteiger partial charge in [0.2, 0.25) is 5.91 Å². The van der Waals surface area contributed by atoms with Gasteiger partial charge in [-0.2, -0.15) is 0 Å². The zero-order valence-corrected chi connectivity index (χ0v) is 43.5. The van der Waals surface area contributed by atoms with Crippen molar-refractivity contribution in [3.05, 3.63) is 85.1 Å². The van der Waals surface area contributed by atoms with E-state index in [2.05, 4.69) is 92.1 Å². The van der Waals surface area contributed by atoms with Gasteiger partial charge in [0, 0.05) is 12.8 Å². The van der Waals surface area contributed by atoms with Crippen LogP contribution in [-0.4, -0.2) is 64.9 Å². The topological polar surface area (TPSA) is 169 Å². The minimum Gasteiger partial charge on any atom is -0.480 e. The number of hydrogen-bond donors (Lipinski definition) is 4. The van der Waals surface area contributed by atoms with Crippen LogP contribution in [0.15, 0.2) is 85.1 Å². The normalized spacial score (nSPS) is 14.2. The number of nitrogens with one attached hydrogen (secondary N) is 1. The number of amides is 1. The molecule has 0 aromatic carbocycles. The van der Waals surface area contributed by atoms with Crippen molar-refractivity contribution in [1.82, 2.24) is 5.32 Å². The lowest BCUT2D eigenvalue weighted by Crippen LogP contribution is -2.43. The number of allylic oxidation sites excluding steroid dienone is 14. The molecule has 4 N–H and O–H groups in total. The Morgan fingerprint density at radius 2 is 0.853 bits per heavy atom. The molecule has 12 heteroatoms. The van der Waals surface area contributed by atoms with Crippen molar-refractivity contribution in [2.24, 2.45) is 0 Å². The monoisotopic (exact) mass is 974 g/mol. The number of carboxylic acids is 1. The highest BCUT2D eigenvalue weighted by Gasteiger charge is 2.28. The van der Waals surface area contributed by atoms with Gasteiger partial charge in [0.25, 0.3) is 0 Å². The van der Waals surface area contributed by atoms with Gasteiger partial charge in [-0.3, -0.25) is 18.6 Å². The highest BCUT2D eigenvalue weighted by molar-refractivity contribution is 7.47. The predicted octanol–water partition coefficient (Wildman–Crippen LogP) is 15.0. The first-order valence-electron chi connectivity index (χ1n) is 26.6. The molecular weight excluding hydrogens is 878 g/mol. The number of carboxylic acid groups (broad SMARTS) is 1. The van der Waals surface area contributed by atoms with Gasteiger partial charge in [0.1, 0.15) is 12.7 Å². The van der Waals surface area contributed by atoms with Gasteiger partial charge in [-0.1, -0.05) is 227 Å². The number of carbonyl (C=O) groups excluding carboxylic acids is 2. The molecule has 0 radical (unpaired) electrons. The van der Waals surface area contributed by atoms with Crippen molar-refractivity contribution in [3.63, 3.8) is 0 Å². The number of phosphoric ester groups is 1. The van der Waals surface area contributed by atoms with E-state index in [4.69, 9.17) is 13.8 Å². The first-order valence-corrected chi connectivity index (χ1v) is 28.1. The quantitative estimate of drug-likeness (QED) is 0.0199. The Kier molecular flexibility index (Phi) is 47.6. The summed E-state index contributed by atoms with van der Waals surface area (Å²) >= 11 is 0. The Balaban J connectivity index is 3.90. The molecule has 0 bridgehead atoms. The van der Waals surface area contributed by atoms with Crippen LogP contribution in [0.25, 0.3) is 0 Å². The van der Waals surface area contributed by atoms with Gasteiger partial charge in [-0.25, -0.2) is 9.36 Å². The number of rotatable bonds is 49. The van der Waals surface area contributed by atoms with Crippen molar-refractivity contribution >= 4 is 25.7 Å². The fourth-order valence-electron chi connectivity index (χ4n) is 7.13. The molecule has 0 saturated carbocycles. The molecule has 0 fully saturated rings. The van der Waals surface area contributed by atoms with Crippen LogP contribution >= 0.6 is 7.82 Å². The number of esters is 1. The molecule has 0 aliphatic heterocycles. The molecule has 0 heterocycles. The van der Waals surface area contributed by atoms with Gasteiger partial charge in [0.05, 0.1) is 13.2 Å². The highest BCUT2D eigenvalue weighted by Crippen LogP contribution is 2.43. The lowest BCUT2D eigenvalue weighted by atomic mass is 10.0. The molecule has 0 aliphatic carbocycles. The summed E-state index contributed by atoms with van der Waals surface area (Å²) in [6.07, 6.45) is 63.3. The first kappa shape index (κ1) is 64.7. The van der Waals surface area contributed by atoms with Crippen molar-refractivity contribution in [2.75, 3.05) is 19.8 Å². The average Bonchev–Trinajstić information content (AvgIpc) is 3.32. The maximum absolute atomic E-state index is 12.4. The van der Waals surface area contributed by atoms with Gasteiger partial charge in [0.15, 0.2) is 6.04 Å². The van der Waals surface area contributed by atoms with Crippen molar-refractivity contribution < 1.29 is 47.8 Å². The third-order valence-corrected chi connectivity index (χ3v) is 12.1. The molecule has 11 nitrogen and oxygen atoms in total. The first-order chi connectivity index (χ1) is 33.1. The van der Waals surface area contributed by atoms with Gasteiger partial charge in [-0.05, 0) is 64.2 Å². The van der Waals surface area contributed by atoms with E-state index >= 15 is 0 Å². The maximum atomic E-state index is 12.4. The maximum Gasteiger partial charge on any atom is 0.472 e. The number of phosphoric acid groups is 1. The summed E-state index contributed by atoms with van der Waals surface area (Å²) in [5.74, 6) is -2.44. The molecule has 0 aromatic rings. The number of ether oxygens (including phenoxy) is 1. The van der Waals surface area contributed by atoms with Crippen LogP contribution in [0, 0.1) is 0 Å². The Labute approximate surface area is 413 Å². The summed E-state index contributed by atoms with van der Waals surface area (Å²) in [4.78, 5) is 46.2. The summed E-state index contributed by atoms with van der Waals surface area (Å²) in [6.45, 7) is 2.45.